The van der Waals surface area contributed by atoms with E-state index in [4.69, 9.17) is 4.74 Å². The highest BCUT2D eigenvalue weighted by Gasteiger charge is 2.09. The first-order valence-electron chi connectivity index (χ1n) is 5.65. The largest absolute Gasteiger partial charge is 0.507 e. The van der Waals surface area contributed by atoms with Gasteiger partial charge in [-0.05, 0) is 50.1 Å². The van der Waals surface area contributed by atoms with E-state index in [1.54, 1.807) is 26.0 Å². The molecule has 1 rings (SSSR count). The second-order valence-electron chi connectivity index (χ2n) is 3.87. The first-order chi connectivity index (χ1) is 8.45. The lowest BCUT2D eigenvalue weighted by Gasteiger charge is -2.06. The third-order valence-electron chi connectivity index (χ3n) is 2.45. The number of ketones is 1. The van der Waals surface area contributed by atoms with E-state index < -0.39 is 5.97 Å². The maximum Gasteiger partial charge on any atom is 0.330 e. The van der Waals surface area contributed by atoms with E-state index in [1.807, 2.05) is 0 Å². The Hall–Kier alpha value is -2.10. The molecular weight excluding hydrogens is 232 g/mol. The van der Waals surface area contributed by atoms with Crippen molar-refractivity contribution in [3.8, 4) is 5.75 Å². The van der Waals surface area contributed by atoms with E-state index in [0.717, 1.165) is 5.56 Å². The summed E-state index contributed by atoms with van der Waals surface area (Å²) in [6.07, 6.45) is 2.84. The van der Waals surface area contributed by atoms with E-state index in [0.29, 0.717) is 12.2 Å². The van der Waals surface area contributed by atoms with Crippen molar-refractivity contribution in [3.05, 3.63) is 34.9 Å². The van der Waals surface area contributed by atoms with Gasteiger partial charge in [-0.2, -0.15) is 0 Å². The van der Waals surface area contributed by atoms with Crippen LogP contribution < -0.4 is 0 Å². The Morgan fingerprint density at radius 1 is 1.39 bits per heavy atom. The second-order valence-corrected chi connectivity index (χ2v) is 3.87. The van der Waals surface area contributed by atoms with Crippen LogP contribution in [0.25, 0.3) is 6.08 Å². The summed E-state index contributed by atoms with van der Waals surface area (Å²) in [4.78, 5) is 22.4. The number of Topliss-reactive ketones (excluding diaryl/α,β-unsaturated/α-hetero) is 1. The monoisotopic (exact) mass is 248 g/mol. The van der Waals surface area contributed by atoms with E-state index in [1.165, 1.54) is 19.1 Å². The molecule has 0 saturated heterocycles. The lowest BCUT2D eigenvalue weighted by molar-refractivity contribution is -0.137. The van der Waals surface area contributed by atoms with E-state index >= 15 is 0 Å². The SMILES string of the molecule is CCOC(=O)C=Cc1cc(O)c(C(C)=O)cc1C. The number of ether oxygens (including phenoxy) is 1. The highest BCUT2D eigenvalue weighted by molar-refractivity contribution is 5.97. The van der Waals surface area contributed by atoms with Crippen LogP contribution in [0.1, 0.15) is 35.3 Å². The van der Waals surface area contributed by atoms with E-state index in [2.05, 4.69) is 0 Å². The minimum Gasteiger partial charge on any atom is -0.507 e. The lowest BCUT2D eigenvalue weighted by Crippen LogP contribution is -1.99. The van der Waals surface area contributed by atoms with Crippen molar-refractivity contribution in [2.24, 2.45) is 0 Å². The summed E-state index contributed by atoms with van der Waals surface area (Å²) in [7, 11) is 0. The molecule has 0 aliphatic rings. The van der Waals surface area contributed by atoms with Crippen LogP contribution in [-0.4, -0.2) is 23.5 Å². The van der Waals surface area contributed by atoms with Gasteiger partial charge in [-0.25, -0.2) is 4.79 Å². The van der Waals surface area contributed by atoms with Crippen molar-refractivity contribution in [2.75, 3.05) is 6.61 Å². The van der Waals surface area contributed by atoms with Crippen molar-refractivity contribution in [1.82, 2.24) is 0 Å². The number of hydrogen-bond donors (Lipinski definition) is 1. The molecule has 0 aromatic heterocycles. The molecular formula is C14H16O4. The smallest absolute Gasteiger partial charge is 0.330 e. The molecule has 0 amide bonds. The molecule has 0 saturated carbocycles. The Balaban J connectivity index is 3.02. The molecule has 1 aromatic rings. The molecule has 0 heterocycles. The van der Waals surface area contributed by atoms with Crippen molar-refractivity contribution in [1.29, 1.82) is 0 Å². The average Bonchev–Trinajstić information content (AvgIpc) is 2.29. The van der Waals surface area contributed by atoms with Crippen molar-refractivity contribution < 1.29 is 19.4 Å². The number of hydrogen-bond acceptors (Lipinski definition) is 4. The molecule has 0 aliphatic heterocycles. The normalized spacial score (nSPS) is 10.6. The molecule has 0 unspecified atom stereocenters. The minimum absolute atomic E-state index is 0.0865. The van der Waals surface area contributed by atoms with Gasteiger partial charge < -0.3 is 9.84 Å². The Morgan fingerprint density at radius 2 is 2.06 bits per heavy atom. The molecule has 1 N–H and O–H groups in total. The zero-order chi connectivity index (χ0) is 13.7. The Labute approximate surface area is 106 Å². The quantitative estimate of drug-likeness (QED) is 0.505. The van der Waals surface area contributed by atoms with Gasteiger partial charge in [0.1, 0.15) is 5.75 Å². The summed E-state index contributed by atoms with van der Waals surface area (Å²) in [5, 5.41) is 9.68. The molecule has 0 spiro atoms. The van der Waals surface area contributed by atoms with Crippen molar-refractivity contribution in [2.45, 2.75) is 20.8 Å². The molecule has 0 aliphatic carbocycles. The third-order valence-corrected chi connectivity index (χ3v) is 2.45. The zero-order valence-corrected chi connectivity index (χ0v) is 10.7. The van der Waals surface area contributed by atoms with Gasteiger partial charge in [0, 0.05) is 6.08 Å². The van der Waals surface area contributed by atoms with E-state index in [9.17, 15) is 14.7 Å². The van der Waals surface area contributed by atoms with Crippen LogP contribution in [0.4, 0.5) is 0 Å². The Kier molecular flexibility index (Phi) is 4.66. The molecule has 18 heavy (non-hydrogen) atoms. The number of aryl methyl sites for hydroxylation is 1. The first-order valence-corrected chi connectivity index (χ1v) is 5.65. The maximum absolute atomic E-state index is 11.2. The number of carbonyl (C=O) groups is 2. The fourth-order valence-electron chi connectivity index (χ4n) is 1.52. The molecule has 96 valence electrons. The fraction of sp³-hybridized carbons (Fsp3) is 0.286. The van der Waals surface area contributed by atoms with Crippen LogP contribution in [0, 0.1) is 6.92 Å². The summed E-state index contributed by atoms with van der Waals surface area (Å²) in [5.74, 6) is -0.722. The van der Waals surface area contributed by atoms with Crippen LogP contribution in [0.2, 0.25) is 0 Å². The topological polar surface area (TPSA) is 63.6 Å². The van der Waals surface area contributed by atoms with Gasteiger partial charge in [-0.15, -0.1) is 0 Å². The van der Waals surface area contributed by atoms with Gasteiger partial charge in [0.2, 0.25) is 0 Å². The summed E-state index contributed by atoms with van der Waals surface area (Å²) >= 11 is 0. The van der Waals surface area contributed by atoms with Gasteiger partial charge in [-0.1, -0.05) is 0 Å². The standard InChI is InChI=1S/C14H16O4/c1-4-18-14(17)6-5-11-8-13(16)12(10(3)15)7-9(11)2/h5-8,16H,4H2,1-3H3. The molecule has 4 heteroatoms. The zero-order valence-electron chi connectivity index (χ0n) is 10.7. The molecule has 0 atom stereocenters. The summed E-state index contributed by atoms with van der Waals surface area (Å²) in [5.41, 5.74) is 1.75. The van der Waals surface area contributed by atoms with Crippen LogP contribution in [0.3, 0.4) is 0 Å². The predicted octanol–water partition coefficient (Wildman–Crippen LogP) is 2.48. The number of benzene rings is 1. The molecule has 4 nitrogen and oxygen atoms in total. The number of phenolic OH excluding ortho intramolecular Hbond substituents is 1. The number of rotatable bonds is 4. The van der Waals surface area contributed by atoms with Gasteiger partial charge in [0.25, 0.3) is 0 Å². The summed E-state index contributed by atoms with van der Waals surface area (Å²) in [6, 6.07) is 3.06. The Morgan fingerprint density at radius 3 is 2.61 bits per heavy atom. The molecule has 0 fully saturated rings. The van der Waals surface area contributed by atoms with Crippen LogP contribution in [-0.2, 0) is 9.53 Å². The van der Waals surface area contributed by atoms with E-state index in [-0.39, 0.29) is 17.1 Å². The lowest BCUT2D eigenvalue weighted by atomic mass is 10.0. The highest BCUT2D eigenvalue weighted by Crippen LogP contribution is 2.23. The highest BCUT2D eigenvalue weighted by atomic mass is 16.5. The Bertz CT molecular complexity index is 501. The van der Waals surface area contributed by atoms with Crippen LogP contribution in [0.5, 0.6) is 5.75 Å². The number of esters is 1. The van der Waals surface area contributed by atoms with Crippen LogP contribution >= 0.6 is 0 Å². The predicted molar refractivity (Wildman–Crippen MR) is 68.5 cm³/mol. The van der Waals surface area contributed by atoms with Gasteiger partial charge in [0.15, 0.2) is 5.78 Å². The number of phenols is 1. The first kappa shape index (κ1) is 14.0. The average molecular weight is 248 g/mol. The summed E-state index contributed by atoms with van der Waals surface area (Å²) in [6.45, 7) is 5.24. The third kappa shape index (κ3) is 3.45. The number of carbonyl (C=O) groups excluding carboxylic acids is 2. The van der Waals surface area contributed by atoms with Crippen molar-refractivity contribution >= 4 is 17.8 Å². The second kappa shape index (κ2) is 6.00. The van der Waals surface area contributed by atoms with Crippen LogP contribution in [0.15, 0.2) is 18.2 Å². The van der Waals surface area contributed by atoms with Crippen molar-refractivity contribution in [3.63, 3.8) is 0 Å². The minimum atomic E-state index is -0.438. The van der Waals surface area contributed by atoms with Gasteiger partial charge in [-0.3, -0.25) is 4.79 Å². The fourth-order valence-corrected chi connectivity index (χ4v) is 1.52. The molecule has 0 bridgehead atoms. The maximum atomic E-state index is 11.2. The van der Waals surface area contributed by atoms with Gasteiger partial charge in [0.05, 0.1) is 12.2 Å². The summed E-state index contributed by atoms with van der Waals surface area (Å²) < 4.78 is 4.75. The molecule has 1 aromatic carbocycles. The number of aromatic hydroxyl groups is 1. The van der Waals surface area contributed by atoms with Gasteiger partial charge >= 0.3 is 5.97 Å². The molecule has 0 radical (unpaired) electrons.